The van der Waals surface area contributed by atoms with Gasteiger partial charge >= 0.3 is 6.18 Å². The number of aliphatic hydroxyl groups is 1. The zero-order chi connectivity index (χ0) is 20.4. The van der Waals surface area contributed by atoms with Crippen molar-refractivity contribution >= 4 is 11.0 Å². The van der Waals surface area contributed by atoms with Gasteiger partial charge in [-0.3, -0.25) is 0 Å². The molecule has 1 N–H and O–H groups in total. The highest BCUT2D eigenvalue weighted by molar-refractivity contribution is 5.84. The van der Waals surface area contributed by atoms with Crippen molar-refractivity contribution in [3.8, 4) is 11.1 Å². The monoisotopic (exact) mass is 398 g/mol. The van der Waals surface area contributed by atoms with Crippen LogP contribution in [0.1, 0.15) is 22.8 Å². The summed E-state index contributed by atoms with van der Waals surface area (Å²) in [7, 11) is 0. The third-order valence-electron chi connectivity index (χ3n) is 4.81. The van der Waals surface area contributed by atoms with Crippen molar-refractivity contribution in [2.75, 3.05) is 0 Å². The van der Waals surface area contributed by atoms with Crippen molar-refractivity contribution in [3.05, 3.63) is 83.4 Å². The maximum atomic E-state index is 12.9. The van der Waals surface area contributed by atoms with Crippen LogP contribution in [0.2, 0.25) is 0 Å². The first-order valence-electron chi connectivity index (χ1n) is 9.06. The SMILES string of the molecule is OC(c1cccc(-c2cc(CCc3ccccc3)c3nonc3c2)c1)C(F)(F)F. The molecule has 4 rings (SSSR count). The first kappa shape index (κ1) is 19.1. The molecule has 1 aromatic heterocycles. The Morgan fingerprint density at radius 3 is 2.41 bits per heavy atom. The number of nitrogens with zero attached hydrogens (tertiary/aromatic N) is 2. The number of hydrogen-bond donors (Lipinski definition) is 1. The quantitative estimate of drug-likeness (QED) is 0.498. The van der Waals surface area contributed by atoms with Gasteiger partial charge < -0.3 is 5.11 Å². The summed E-state index contributed by atoms with van der Waals surface area (Å²) in [4.78, 5) is 0. The van der Waals surface area contributed by atoms with Gasteiger partial charge in [-0.15, -0.1) is 0 Å². The van der Waals surface area contributed by atoms with Gasteiger partial charge in [-0.1, -0.05) is 48.5 Å². The number of alkyl halides is 3. The molecule has 0 aliphatic heterocycles. The summed E-state index contributed by atoms with van der Waals surface area (Å²) in [5.74, 6) is 0. The van der Waals surface area contributed by atoms with Crippen LogP contribution in [0.5, 0.6) is 0 Å². The van der Waals surface area contributed by atoms with Gasteiger partial charge in [-0.2, -0.15) is 13.2 Å². The van der Waals surface area contributed by atoms with Crippen LogP contribution in [0.3, 0.4) is 0 Å². The largest absolute Gasteiger partial charge is 0.418 e. The highest BCUT2D eigenvalue weighted by Crippen LogP contribution is 2.35. The second-order valence-electron chi connectivity index (χ2n) is 6.82. The number of benzene rings is 3. The van der Waals surface area contributed by atoms with E-state index < -0.39 is 12.3 Å². The molecule has 29 heavy (non-hydrogen) atoms. The zero-order valence-corrected chi connectivity index (χ0v) is 15.2. The van der Waals surface area contributed by atoms with Crippen LogP contribution >= 0.6 is 0 Å². The number of fused-ring (bicyclic) bond motifs is 1. The summed E-state index contributed by atoms with van der Waals surface area (Å²) in [5, 5.41) is 17.4. The first-order valence-corrected chi connectivity index (χ1v) is 9.06. The van der Waals surface area contributed by atoms with E-state index in [2.05, 4.69) is 10.3 Å². The summed E-state index contributed by atoms with van der Waals surface area (Å²) in [6, 6.07) is 19.3. The Morgan fingerprint density at radius 1 is 0.862 bits per heavy atom. The fourth-order valence-corrected chi connectivity index (χ4v) is 3.32. The molecule has 0 amide bonds. The second-order valence-corrected chi connectivity index (χ2v) is 6.82. The van der Waals surface area contributed by atoms with E-state index >= 15 is 0 Å². The Bertz CT molecular complexity index is 1120. The number of rotatable bonds is 5. The van der Waals surface area contributed by atoms with Crippen LogP contribution in [0.25, 0.3) is 22.2 Å². The van der Waals surface area contributed by atoms with Crippen molar-refractivity contribution < 1.29 is 22.9 Å². The van der Waals surface area contributed by atoms with E-state index in [0.29, 0.717) is 28.6 Å². The van der Waals surface area contributed by atoms with Gasteiger partial charge in [0.25, 0.3) is 0 Å². The maximum absolute atomic E-state index is 12.9. The maximum Gasteiger partial charge on any atom is 0.418 e. The molecule has 0 aliphatic rings. The van der Waals surface area contributed by atoms with Gasteiger partial charge in [-0.25, -0.2) is 4.63 Å². The zero-order valence-electron chi connectivity index (χ0n) is 15.2. The van der Waals surface area contributed by atoms with E-state index in [9.17, 15) is 18.3 Å². The molecule has 4 aromatic rings. The van der Waals surface area contributed by atoms with Crippen LogP contribution in [0.15, 0.2) is 71.4 Å². The third kappa shape index (κ3) is 4.14. The molecular formula is C22H17F3N2O2. The Labute approximate surface area is 164 Å². The molecule has 0 spiro atoms. The van der Waals surface area contributed by atoms with Gasteiger partial charge in [-0.05, 0) is 69.2 Å². The van der Waals surface area contributed by atoms with Crippen LogP contribution in [-0.2, 0) is 12.8 Å². The number of aliphatic hydroxyl groups excluding tert-OH is 1. The fraction of sp³-hybridized carbons (Fsp3) is 0.182. The van der Waals surface area contributed by atoms with E-state index in [-0.39, 0.29) is 5.56 Å². The molecule has 0 radical (unpaired) electrons. The van der Waals surface area contributed by atoms with Crippen molar-refractivity contribution in [2.45, 2.75) is 25.1 Å². The van der Waals surface area contributed by atoms with E-state index in [1.165, 1.54) is 18.2 Å². The normalized spacial score (nSPS) is 13.0. The average molecular weight is 398 g/mol. The molecule has 0 bridgehead atoms. The molecule has 1 atom stereocenters. The van der Waals surface area contributed by atoms with E-state index in [0.717, 1.165) is 17.5 Å². The summed E-state index contributed by atoms with van der Waals surface area (Å²) in [6.07, 6.45) is -5.80. The lowest BCUT2D eigenvalue weighted by Gasteiger charge is -2.16. The molecule has 0 fully saturated rings. The third-order valence-corrected chi connectivity index (χ3v) is 4.81. The van der Waals surface area contributed by atoms with Gasteiger partial charge in [0.1, 0.15) is 11.0 Å². The van der Waals surface area contributed by atoms with Crippen molar-refractivity contribution in [2.24, 2.45) is 0 Å². The van der Waals surface area contributed by atoms with Crippen LogP contribution in [-0.4, -0.2) is 21.6 Å². The fourth-order valence-electron chi connectivity index (χ4n) is 3.32. The lowest BCUT2D eigenvalue weighted by Crippen LogP contribution is -2.20. The smallest absolute Gasteiger partial charge is 0.379 e. The van der Waals surface area contributed by atoms with Gasteiger partial charge in [0, 0.05) is 0 Å². The molecule has 3 aromatic carbocycles. The first-order chi connectivity index (χ1) is 13.9. The average Bonchev–Trinajstić information content (AvgIpc) is 3.20. The van der Waals surface area contributed by atoms with E-state index in [4.69, 9.17) is 4.63 Å². The standard InChI is InChI=1S/C22H17F3N2O2/c23-22(24,25)21(28)17-8-4-7-15(11-17)18-12-16(20-19(13-18)26-29-27-20)10-9-14-5-2-1-3-6-14/h1-8,11-13,21,28H,9-10H2. The summed E-state index contributed by atoms with van der Waals surface area (Å²) in [5.41, 5.74) is 4.26. The Hall–Kier alpha value is -3.19. The van der Waals surface area contributed by atoms with Gasteiger partial charge in [0.05, 0.1) is 0 Å². The predicted octanol–water partition coefficient (Wildman–Crippen LogP) is 5.27. The van der Waals surface area contributed by atoms with E-state index in [1.54, 1.807) is 12.1 Å². The molecule has 4 nitrogen and oxygen atoms in total. The molecular weight excluding hydrogens is 381 g/mol. The predicted molar refractivity (Wildman–Crippen MR) is 102 cm³/mol. The molecule has 7 heteroatoms. The highest BCUT2D eigenvalue weighted by Gasteiger charge is 2.39. The second kappa shape index (κ2) is 7.67. The minimum Gasteiger partial charge on any atom is -0.379 e. The van der Waals surface area contributed by atoms with Crippen molar-refractivity contribution in [3.63, 3.8) is 0 Å². The van der Waals surface area contributed by atoms with Crippen LogP contribution in [0.4, 0.5) is 13.2 Å². The number of hydrogen-bond acceptors (Lipinski definition) is 4. The molecule has 0 saturated carbocycles. The molecule has 1 unspecified atom stereocenters. The minimum absolute atomic E-state index is 0.209. The highest BCUT2D eigenvalue weighted by atomic mass is 19.4. The van der Waals surface area contributed by atoms with Gasteiger partial charge in [0.15, 0.2) is 6.10 Å². The number of halogens is 3. The van der Waals surface area contributed by atoms with Gasteiger partial charge in [0.2, 0.25) is 0 Å². The van der Waals surface area contributed by atoms with Crippen molar-refractivity contribution in [1.29, 1.82) is 0 Å². The Balaban J connectivity index is 1.70. The lowest BCUT2D eigenvalue weighted by molar-refractivity contribution is -0.206. The topological polar surface area (TPSA) is 59.2 Å². The summed E-state index contributed by atoms with van der Waals surface area (Å²) < 4.78 is 43.5. The van der Waals surface area contributed by atoms with Crippen molar-refractivity contribution in [1.82, 2.24) is 10.3 Å². The van der Waals surface area contributed by atoms with Crippen LogP contribution in [0, 0.1) is 0 Å². The number of aromatic nitrogens is 2. The Kier molecular flexibility index (Phi) is 5.07. The summed E-state index contributed by atoms with van der Waals surface area (Å²) in [6.45, 7) is 0. The molecule has 148 valence electrons. The van der Waals surface area contributed by atoms with Crippen LogP contribution < -0.4 is 0 Å². The molecule has 0 saturated heterocycles. The minimum atomic E-state index is -4.72. The Morgan fingerprint density at radius 2 is 1.66 bits per heavy atom. The summed E-state index contributed by atoms with van der Waals surface area (Å²) >= 11 is 0. The number of aryl methyl sites for hydroxylation is 2. The lowest BCUT2D eigenvalue weighted by atomic mass is 9.96. The van der Waals surface area contributed by atoms with E-state index in [1.807, 2.05) is 36.4 Å². The molecule has 1 heterocycles. The molecule has 0 aliphatic carbocycles.